The van der Waals surface area contributed by atoms with Crippen molar-refractivity contribution in [3.05, 3.63) is 71.3 Å². The van der Waals surface area contributed by atoms with Crippen LogP contribution in [0, 0.1) is 11.8 Å². The molecule has 0 amide bonds. The lowest BCUT2D eigenvalue weighted by atomic mass is 9.85. The van der Waals surface area contributed by atoms with Crippen molar-refractivity contribution in [3.8, 4) is 34.5 Å². The second-order valence-corrected chi connectivity index (χ2v) is 12.7. The Morgan fingerprint density at radius 1 is 0.706 bits per heavy atom. The molecule has 3 aromatic carbocycles. The van der Waals surface area contributed by atoms with Crippen molar-refractivity contribution >= 4 is 0 Å². The van der Waals surface area contributed by atoms with Crippen LogP contribution in [0.1, 0.15) is 35.0 Å². The maximum absolute atomic E-state index is 11.5. The van der Waals surface area contributed by atoms with Gasteiger partial charge in [0.15, 0.2) is 46.9 Å². The van der Waals surface area contributed by atoms with Gasteiger partial charge >= 0.3 is 0 Å². The molecule has 0 aromatic heterocycles. The average Bonchev–Trinajstić information content (AvgIpc) is 3.76. The van der Waals surface area contributed by atoms with E-state index in [2.05, 4.69) is 0 Å². The topological polar surface area (TPSA) is 215 Å². The molecule has 51 heavy (non-hydrogen) atoms. The van der Waals surface area contributed by atoms with Crippen LogP contribution in [0.5, 0.6) is 34.5 Å². The highest BCUT2D eigenvalue weighted by atomic mass is 16.7. The summed E-state index contributed by atoms with van der Waals surface area (Å²) in [7, 11) is 4.33. The van der Waals surface area contributed by atoms with Crippen LogP contribution in [0.25, 0.3) is 0 Å². The second-order valence-electron chi connectivity index (χ2n) is 12.7. The maximum atomic E-state index is 11.5. The molecule has 0 unspecified atom stereocenters. The average molecular weight is 717 g/mol. The van der Waals surface area contributed by atoms with Gasteiger partial charge in [0.05, 0.1) is 60.0 Å². The van der Waals surface area contributed by atoms with Crippen LogP contribution in [-0.2, 0) is 18.9 Å². The van der Waals surface area contributed by atoms with E-state index >= 15 is 0 Å². The first kappa shape index (κ1) is 36.9. The number of aliphatic hydroxyl groups is 5. The third-order valence-corrected chi connectivity index (χ3v) is 9.76. The lowest BCUT2D eigenvalue weighted by Crippen LogP contribution is -2.59. The van der Waals surface area contributed by atoms with Crippen LogP contribution < -0.4 is 18.9 Å². The highest BCUT2D eigenvalue weighted by Gasteiger charge is 2.48. The summed E-state index contributed by atoms with van der Waals surface area (Å²) < 4.78 is 46.3. The Labute approximate surface area is 294 Å². The van der Waals surface area contributed by atoms with Gasteiger partial charge in [-0.15, -0.1) is 0 Å². The second kappa shape index (κ2) is 15.8. The molecular formula is C36H44O15. The van der Waals surface area contributed by atoms with Crippen LogP contribution in [0.4, 0.5) is 0 Å². The molecule has 278 valence electrons. The Hall–Kier alpha value is -3.90. The van der Waals surface area contributed by atoms with E-state index in [-0.39, 0.29) is 47.0 Å². The standard InChI is InChI=1S/C36H44O15/c1-44-25-10-17(4-7-22(25)38)30(40)29(16-49-36-33(43)32(42)31(41)28(13-37)51-36)50-24-9-6-19(12-27(24)46-3)35-21-15-47-34(20(21)14-48-35)18-5-8-23(39)26(11-18)45-2/h4-12,20-21,28-43H,13-16H2,1-3H3/t20-,21-,28-,29-,30+,31-,32+,33-,34+,35+,36-/m0/s1. The zero-order valence-electron chi connectivity index (χ0n) is 28.3. The Morgan fingerprint density at radius 3 is 1.88 bits per heavy atom. The van der Waals surface area contributed by atoms with E-state index in [1.807, 2.05) is 12.1 Å². The zero-order chi connectivity index (χ0) is 36.4. The maximum Gasteiger partial charge on any atom is 0.186 e. The first-order valence-corrected chi connectivity index (χ1v) is 16.5. The number of methoxy groups -OCH3 is 3. The molecule has 0 radical (unpaired) electrons. The summed E-state index contributed by atoms with van der Waals surface area (Å²) in [6.45, 7) is -0.157. The molecule has 7 N–H and O–H groups in total. The predicted octanol–water partition coefficient (Wildman–Crippen LogP) is 1.50. The Kier molecular flexibility index (Phi) is 11.4. The minimum absolute atomic E-state index is 0.0252. The summed E-state index contributed by atoms with van der Waals surface area (Å²) >= 11 is 0. The molecule has 3 aromatic rings. The van der Waals surface area contributed by atoms with Gasteiger partial charge in [0.2, 0.25) is 0 Å². The van der Waals surface area contributed by atoms with E-state index in [1.165, 1.54) is 39.5 Å². The summed E-state index contributed by atoms with van der Waals surface area (Å²) in [4.78, 5) is 0. The third kappa shape index (κ3) is 7.40. The number of hydrogen-bond donors (Lipinski definition) is 7. The summed E-state index contributed by atoms with van der Waals surface area (Å²) in [5, 5.41) is 72.2. The molecule has 0 spiro atoms. The summed E-state index contributed by atoms with van der Waals surface area (Å²) in [6.07, 6.45) is -10.7. The number of ether oxygens (including phenoxy) is 8. The van der Waals surface area contributed by atoms with Crippen molar-refractivity contribution in [2.45, 2.75) is 55.1 Å². The van der Waals surface area contributed by atoms with Crippen LogP contribution in [0.15, 0.2) is 54.6 Å². The van der Waals surface area contributed by atoms with Gasteiger partial charge in [0.25, 0.3) is 0 Å². The van der Waals surface area contributed by atoms with Gasteiger partial charge in [-0.25, -0.2) is 0 Å². The van der Waals surface area contributed by atoms with Crippen molar-refractivity contribution in [2.75, 3.05) is 47.8 Å². The zero-order valence-corrected chi connectivity index (χ0v) is 28.3. The van der Waals surface area contributed by atoms with Crippen LogP contribution in [-0.4, -0.2) is 120 Å². The number of phenols is 2. The van der Waals surface area contributed by atoms with Gasteiger partial charge in [-0.05, 0) is 53.1 Å². The lowest BCUT2D eigenvalue weighted by molar-refractivity contribution is -0.305. The molecule has 15 heteroatoms. The van der Waals surface area contributed by atoms with Crippen LogP contribution >= 0.6 is 0 Å². The van der Waals surface area contributed by atoms with Crippen LogP contribution in [0.2, 0.25) is 0 Å². The van der Waals surface area contributed by atoms with E-state index in [0.717, 1.165) is 11.1 Å². The fraction of sp³-hybridized carbons (Fsp3) is 0.500. The van der Waals surface area contributed by atoms with Gasteiger partial charge in [-0.2, -0.15) is 0 Å². The molecule has 11 atom stereocenters. The van der Waals surface area contributed by atoms with Crippen LogP contribution in [0.3, 0.4) is 0 Å². The SMILES string of the molecule is COc1cc([C@@H](O)[C@H](CO[C@H]2O[C@@H](CO)[C@H](O)[C@@H](O)[C@@H]2O)Oc2ccc([C@H]3OC[C@H]4[C@@H]3CO[C@@H]4c3ccc(O)c(OC)c3)cc2OC)ccc1O. The molecule has 15 nitrogen and oxygen atoms in total. The van der Waals surface area contributed by atoms with E-state index < -0.39 is 56.1 Å². The molecule has 3 aliphatic heterocycles. The van der Waals surface area contributed by atoms with Gasteiger partial charge < -0.3 is 73.6 Å². The molecular weight excluding hydrogens is 672 g/mol. The van der Waals surface area contributed by atoms with Gasteiger partial charge in [0.1, 0.15) is 30.5 Å². The molecule has 0 saturated carbocycles. The Morgan fingerprint density at radius 2 is 1.27 bits per heavy atom. The normalized spacial score (nSPS) is 30.0. The number of benzene rings is 3. The largest absolute Gasteiger partial charge is 0.504 e. The smallest absolute Gasteiger partial charge is 0.186 e. The number of aromatic hydroxyl groups is 2. The fourth-order valence-corrected chi connectivity index (χ4v) is 6.90. The summed E-state index contributed by atoms with van der Waals surface area (Å²) in [5.74, 6) is 1.01. The Bertz CT molecular complexity index is 1630. The predicted molar refractivity (Wildman–Crippen MR) is 176 cm³/mol. The first-order valence-electron chi connectivity index (χ1n) is 16.5. The molecule has 0 aliphatic carbocycles. The summed E-state index contributed by atoms with van der Waals surface area (Å²) in [5.41, 5.74) is 2.00. The highest BCUT2D eigenvalue weighted by Crippen LogP contribution is 2.51. The third-order valence-electron chi connectivity index (χ3n) is 9.76. The summed E-state index contributed by atoms with van der Waals surface area (Å²) in [6, 6.07) is 14.7. The molecule has 3 fully saturated rings. The number of hydrogen-bond acceptors (Lipinski definition) is 15. The lowest BCUT2D eigenvalue weighted by Gasteiger charge is -2.40. The van der Waals surface area contributed by atoms with E-state index in [9.17, 15) is 35.7 Å². The highest BCUT2D eigenvalue weighted by molar-refractivity contribution is 5.46. The number of fused-ring (bicyclic) bond motifs is 1. The van der Waals surface area contributed by atoms with Crippen molar-refractivity contribution in [1.82, 2.24) is 0 Å². The van der Waals surface area contributed by atoms with Crippen molar-refractivity contribution in [2.24, 2.45) is 11.8 Å². The monoisotopic (exact) mass is 716 g/mol. The van der Waals surface area contributed by atoms with Crippen molar-refractivity contribution in [1.29, 1.82) is 0 Å². The van der Waals surface area contributed by atoms with Crippen molar-refractivity contribution < 1.29 is 73.6 Å². The van der Waals surface area contributed by atoms with Gasteiger partial charge in [-0.1, -0.05) is 18.2 Å². The van der Waals surface area contributed by atoms with Gasteiger partial charge in [0, 0.05) is 11.8 Å². The minimum Gasteiger partial charge on any atom is -0.504 e. The Balaban J connectivity index is 1.22. The molecule has 3 aliphatic rings. The fourth-order valence-electron chi connectivity index (χ4n) is 6.90. The molecule has 3 heterocycles. The van der Waals surface area contributed by atoms with Crippen molar-refractivity contribution in [3.63, 3.8) is 0 Å². The van der Waals surface area contributed by atoms with E-state index in [0.29, 0.717) is 30.3 Å². The van der Waals surface area contributed by atoms with E-state index in [1.54, 1.807) is 24.3 Å². The molecule has 0 bridgehead atoms. The number of aliphatic hydroxyl groups excluding tert-OH is 5. The van der Waals surface area contributed by atoms with Gasteiger partial charge in [-0.3, -0.25) is 0 Å². The number of phenolic OH excluding ortho intramolecular Hbond substituents is 2. The number of rotatable bonds is 13. The first-order chi connectivity index (χ1) is 24.6. The molecule has 6 rings (SSSR count). The van der Waals surface area contributed by atoms with E-state index in [4.69, 9.17) is 37.9 Å². The molecule has 3 saturated heterocycles. The minimum atomic E-state index is -1.67. The quantitative estimate of drug-likeness (QED) is 0.133.